The van der Waals surface area contributed by atoms with Crippen LogP contribution in [0.15, 0.2) is 42.6 Å². The Morgan fingerprint density at radius 2 is 1.84 bits per heavy atom. The molecule has 0 aliphatic carbocycles. The molecule has 9 nitrogen and oxygen atoms in total. The molecule has 2 aromatic heterocycles. The van der Waals surface area contributed by atoms with E-state index in [1.54, 1.807) is 31.4 Å². The number of benzene rings is 1. The van der Waals surface area contributed by atoms with Crippen LogP contribution in [-0.2, 0) is 20.0 Å². The predicted molar refractivity (Wildman–Crippen MR) is 113 cm³/mol. The van der Waals surface area contributed by atoms with Gasteiger partial charge in [-0.2, -0.15) is 0 Å². The van der Waals surface area contributed by atoms with E-state index in [0.717, 1.165) is 11.6 Å². The lowest BCUT2D eigenvalue weighted by Crippen LogP contribution is -2.31. The van der Waals surface area contributed by atoms with Crippen LogP contribution < -0.4 is 10.1 Å². The van der Waals surface area contributed by atoms with Gasteiger partial charge in [0.25, 0.3) is 11.8 Å². The standard InChI is InChI=1S/C22H24N6O3/c1-26-9-3-4-18(26)22(30)27-11-14-10-19-24-25-20(28(19)13-15(14)12-27)21(29)23-16-5-7-17(31-2)8-6-16/h3-9,14-15H,10-13H2,1-2H3,(H,23,29)/t14-,15+/m0/s1. The number of nitrogens with zero attached hydrogens (tertiary/aromatic N) is 5. The van der Waals surface area contributed by atoms with Crippen LogP contribution in [0.25, 0.3) is 0 Å². The maximum absolute atomic E-state index is 12.9. The van der Waals surface area contributed by atoms with Gasteiger partial charge in [-0.05, 0) is 48.2 Å². The van der Waals surface area contributed by atoms with E-state index in [0.29, 0.717) is 49.2 Å². The number of amides is 2. The van der Waals surface area contributed by atoms with Crippen LogP contribution in [0.3, 0.4) is 0 Å². The van der Waals surface area contributed by atoms with Crippen molar-refractivity contribution in [3.63, 3.8) is 0 Å². The van der Waals surface area contributed by atoms with Crippen LogP contribution in [0.2, 0.25) is 0 Å². The molecule has 31 heavy (non-hydrogen) atoms. The third-order valence-corrected chi connectivity index (χ3v) is 6.27. The van der Waals surface area contributed by atoms with E-state index in [1.807, 2.05) is 39.4 Å². The summed E-state index contributed by atoms with van der Waals surface area (Å²) >= 11 is 0. The Balaban J connectivity index is 1.29. The van der Waals surface area contributed by atoms with Gasteiger partial charge in [-0.25, -0.2) is 0 Å². The number of hydrogen-bond donors (Lipinski definition) is 1. The first-order valence-corrected chi connectivity index (χ1v) is 10.3. The van der Waals surface area contributed by atoms with E-state index >= 15 is 0 Å². The third kappa shape index (κ3) is 3.45. The van der Waals surface area contributed by atoms with Crippen LogP contribution in [-0.4, -0.2) is 56.2 Å². The highest BCUT2D eigenvalue weighted by Gasteiger charge is 2.41. The van der Waals surface area contributed by atoms with Crippen LogP contribution in [0.4, 0.5) is 5.69 Å². The van der Waals surface area contributed by atoms with Crippen LogP contribution in [0.5, 0.6) is 5.75 Å². The summed E-state index contributed by atoms with van der Waals surface area (Å²) in [5.41, 5.74) is 1.36. The van der Waals surface area contributed by atoms with E-state index in [4.69, 9.17) is 4.74 Å². The zero-order valence-corrected chi connectivity index (χ0v) is 17.5. The van der Waals surface area contributed by atoms with Gasteiger partial charge in [0.15, 0.2) is 0 Å². The minimum Gasteiger partial charge on any atom is -0.497 e. The molecule has 4 heterocycles. The number of ether oxygens (including phenoxy) is 1. The number of carbonyl (C=O) groups excluding carboxylic acids is 2. The number of anilines is 1. The Kier molecular flexibility index (Phi) is 4.72. The Morgan fingerprint density at radius 3 is 2.55 bits per heavy atom. The maximum Gasteiger partial charge on any atom is 0.293 e. The minimum absolute atomic E-state index is 0.0511. The summed E-state index contributed by atoms with van der Waals surface area (Å²) < 4.78 is 8.90. The summed E-state index contributed by atoms with van der Waals surface area (Å²) in [4.78, 5) is 27.6. The largest absolute Gasteiger partial charge is 0.497 e. The van der Waals surface area contributed by atoms with Crippen molar-refractivity contribution in [2.75, 3.05) is 25.5 Å². The van der Waals surface area contributed by atoms with Crippen molar-refractivity contribution in [1.82, 2.24) is 24.2 Å². The molecule has 1 fully saturated rings. The molecule has 0 radical (unpaired) electrons. The lowest BCUT2D eigenvalue weighted by atomic mass is 9.89. The van der Waals surface area contributed by atoms with Gasteiger partial charge >= 0.3 is 0 Å². The zero-order chi connectivity index (χ0) is 21.5. The fourth-order valence-electron chi connectivity index (χ4n) is 4.56. The van der Waals surface area contributed by atoms with Gasteiger partial charge in [0.2, 0.25) is 5.82 Å². The first-order chi connectivity index (χ1) is 15.0. The summed E-state index contributed by atoms with van der Waals surface area (Å²) in [6.07, 6.45) is 2.59. The number of likely N-dealkylation sites (tertiary alicyclic amines) is 1. The van der Waals surface area contributed by atoms with Crippen molar-refractivity contribution in [2.45, 2.75) is 13.0 Å². The Labute approximate surface area is 179 Å². The average Bonchev–Trinajstić information content (AvgIpc) is 3.49. The summed E-state index contributed by atoms with van der Waals surface area (Å²) in [5.74, 6) is 2.19. The second kappa shape index (κ2) is 7.57. The highest BCUT2D eigenvalue weighted by Crippen LogP contribution is 2.33. The number of aryl methyl sites for hydroxylation is 1. The molecule has 2 atom stereocenters. The van der Waals surface area contributed by atoms with Crippen molar-refractivity contribution in [3.8, 4) is 5.75 Å². The van der Waals surface area contributed by atoms with Crippen molar-refractivity contribution in [2.24, 2.45) is 18.9 Å². The van der Waals surface area contributed by atoms with E-state index < -0.39 is 0 Å². The average molecular weight is 420 g/mol. The number of nitrogens with one attached hydrogen (secondary N) is 1. The molecule has 5 rings (SSSR count). The van der Waals surface area contributed by atoms with Crippen molar-refractivity contribution in [1.29, 1.82) is 0 Å². The molecule has 1 N–H and O–H groups in total. The molecule has 1 saturated heterocycles. The van der Waals surface area contributed by atoms with Gasteiger partial charge in [0.1, 0.15) is 17.3 Å². The number of fused-ring (bicyclic) bond motifs is 2. The van der Waals surface area contributed by atoms with Crippen LogP contribution in [0, 0.1) is 11.8 Å². The summed E-state index contributed by atoms with van der Waals surface area (Å²) in [6.45, 7) is 2.01. The molecule has 0 saturated carbocycles. The number of carbonyl (C=O) groups is 2. The first-order valence-electron chi connectivity index (χ1n) is 10.3. The number of methoxy groups -OCH3 is 1. The monoisotopic (exact) mass is 420 g/mol. The second-order valence-corrected chi connectivity index (χ2v) is 8.17. The van der Waals surface area contributed by atoms with Crippen molar-refractivity contribution >= 4 is 17.5 Å². The molecule has 0 bridgehead atoms. The number of hydrogen-bond acceptors (Lipinski definition) is 5. The molecule has 1 aromatic carbocycles. The normalized spacial score (nSPS) is 19.6. The van der Waals surface area contributed by atoms with Crippen LogP contribution in [0.1, 0.15) is 26.9 Å². The Morgan fingerprint density at radius 1 is 1.06 bits per heavy atom. The molecule has 0 spiro atoms. The fraction of sp³-hybridized carbons (Fsp3) is 0.364. The van der Waals surface area contributed by atoms with E-state index in [1.165, 1.54) is 0 Å². The smallest absolute Gasteiger partial charge is 0.293 e. The van der Waals surface area contributed by atoms with Crippen molar-refractivity contribution in [3.05, 3.63) is 59.9 Å². The van der Waals surface area contributed by atoms with Gasteiger partial charge in [0.05, 0.1) is 7.11 Å². The maximum atomic E-state index is 12.9. The molecular weight excluding hydrogens is 396 g/mol. The molecule has 2 amide bonds. The van der Waals surface area contributed by atoms with Crippen molar-refractivity contribution < 1.29 is 14.3 Å². The quantitative estimate of drug-likeness (QED) is 0.695. The molecule has 2 aliphatic rings. The predicted octanol–water partition coefficient (Wildman–Crippen LogP) is 1.82. The summed E-state index contributed by atoms with van der Waals surface area (Å²) in [6, 6.07) is 10.9. The lowest BCUT2D eigenvalue weighted by Gasteiger charge is -2.25. The van der Waals surface area contributed by atoms with E-state index in [9.17, 15) is 9.59 Å². The summed E-state index contributed by atoms with van der Waals surface area (Å²) in [5, 5.41) is 11.3. The first kappa shape index (κ1) is 19.3. The molecule has 2 aliphatic heterocycles. The van der Waals surface area contributed by atoms with Gasteiger partial charge in [-0.1, -0.05) is 0 Å². The lowest BCUT2D eigenvalue weighted by molar-refractivity contribution is 0.0773. The molecule has 0 unspecified atom stereocenters. The van der Waals surface area contributed by atoms with Gasteiger partial charge in [-0.15, -0.1) is 10.2 Å². The SMILES string of the molecule is COc1ccc(NC(=O)c2nnc3n2C[C@H]2CN(C(=O)c4cccn4C)C[C@@H]2C3)cc1. The molecule has 9 heteroatoms. The second-order valence-electron chi connectivity index (χ2n) is 8.17. The molecule has 160 valence electrons. The highest BCUT2D eigenvalue weighted by atomic mass is 16.5. The molecular formula is C22H24N6O3. The third-order valence-electron chi connectivity index (χ3n) is 6.27. The Hall–Kier alpha value is -3.62. The van der Waals surface area contributed by atoms with E-state index in [-0.39, 0.29) is 17.7 Å². The topological polar surface area (TPSA) is 94.3 Å². The highest BCUT2D eigenvalue weighted by molar-refractivity contribution is 6.01. The zero-order valence-electron chi connectivity index (χ0n) is 17.5. The summed E-state index contributed by atoms with van der Waals surface area (Å²) in [7, 11) is 3.48. The van der Waals surface area contributed by atoms with Gasteiger partial charge in [-0.3, -0.25) is 9.59 Å². The number of rotatable bonds is 4. The van der Waals surface area contributed by atoms with Crippen LogP contribution >= 0.6 is 0 Å². The number of aromatic nitrogens is 4. The van der Waals surface area contributed by atoms with Gasteiger partial charge in [0, 0.05) is 45.0 Å². The van der Waals surface area contributed by atoms with Gasteiger partial charge < -0.3 is 24.1 Å². The minimum atomic E-state index is -0.294. The fourth-order valence-corrected chi connectivity index (χ4v) is 4.56. The van der Waals surface area contributed by atoms with E-state index in [2.05, 4.69) is 15.5 Å². The molecule has 3 aromatic rings. The Bertz CT molecular complexity index is 1130.